The number of benzene rings is 1. The van der Waals surface area contributed by atoms with Gasteiger partial charge in [-0.15, -0.1) is 0 Å². The standard InChI is InChI=1S/C28H34F2N6O2/c1-17-8-24(29)23(28(37)34-21-4-5-21)10-27(17)36-15-20(12-32-36)19-9-22(13-31-11-19)33-26-6-7-35(16-25(26)30)14-18(2)38-3/h8-13,15,18,21,25-26,33H,4-7,14,16H2,1-3H3,(H,34,37)/t18-,25-,26+/m1/s1. The summed E-state index contributed by atoms with van der Waals surface area (Å²) in [5, 5.41) is 10.6. The summed E-state index contributed by atoms with van der Waals surface area (Å²) >= 11 is 0. The molecule has 1 aliphatic carbocycles. The molecule has 0 unspecified atom stereocenters. The van der Waals surface area contributed by atoms with E-state index in [1.807, 2.05) is 19.2 Å². The molecule has 3 atom stereocenters. The molecule has 0 bridgehead atoms. The molecule has 5 rings (SSSR count). The van der Waals surface area contributed by atoms with Crippen LogP contribution in [0.2, 0.25) is 0 Å². The number of aryl methyl sites for hydroxylation is 1. The molecule has 3 heterocycles. The zero-order valence-corrected chi connectivity index (χ0v) is 22.0. The summed E-state index contributed by atoms with van der Waals surface area (Å²) in [6, 6.07) is 4.66. The minimum absolute atomic E-state index is 0.00548. The number of likely N-dealkylation sites (tertiary alicyclic amines) is 1. The quantitative estimate of drug-likeness (QED) is 0.438. The van der Waals surface area contributed by atoms with Crippen molar-refractivity contribution in [1.82, 2.24) is 25.0 Å². The summed E-state index contributed by atoms with van der Waals surface area (Å²) in [4.78, 5) is 19.0. The van der Waals surface area contributed by atoms with E-state index in [0.29, 0.717) is 30.8 Å². The lowest BCUT2D eigenvalue weighted by molar-refractivity contribution is 0.0490. The van der Waals surface area contributed by atoms with Crippen molar-refractivity contribution in [1.29, 1.82) is 0 Å². The molecule has 0 spiro atoms. The van der Waals surface area contributed by atoms with Crippen LogP contribution in [-0.4, -0.2) is 76.7 Å². The van der Waals surface area contributed by atoms with E-state index in [1.54, 1.807) is 37.3 Å². The fourth-order valence-corrected chi connectivity index (χ4v) is 4.80. The Morgan fingerprint density at radius 3 is 2.74 bits per heavy atom. The second kappa shape index (κ2) is 11.2. The molecule has 1 saturated heterocycles. The average molecular weight is 525 g/mol. The molecule has 8 nitrogen and oxygen atoms in total. The maximum Gasteiger partial charge on any atom is 0.254 e. The first kappa shape index (κ1) is 26.2. The van der Waals surface area contributed by atoms with Crippen molar-refractivity contribution in [3.63, 3.8) is 0 Å². The number of hydrogen-bond acceptors (Lipinski definition) is 6. The van der Waals surface area contributed by atoms with E-state index in [4.69, 9.17) is 4.74 Å². The second-order valence-corrected chi connectivity index (χ2v) is 10.4. The number of carbonyl (C=O) groups excluding carboxylic acids is 1. The number of anilines is 1. The van der Waals surface area contributed by atoms with E-state index in [1.165, 1.54) is 12.1 Å². The van der Waals surface area contributed by atoms with Crippen molar-refractivity contribution in [2.75, 3.05) is 32.1 Å². The first-order chi connectivity index (χ1) is 18.3. The smallest absolute Gasteiger partial charge is 0.254 e. The van der Waals surface area contributed by atoms with Gasteiger partial charge in [0, 0.05) is 62.5 Å². The zero-order valence-electron chi connectivity index (χ0n) is 22.0. The Labute approximate surface area is 221 Å². The first-order valence-electron chi connectivity index (χ1n) is 13.1. The van der Waals surface area contributed by atoms with Crippen LogP contribution in [-0.2, 0) is 4.74 Å². The molecular weight excluding hydrogens is 490 g/mol. The number of nitrogens with zero attached hydrogens (tertiary/aromatic N) is 4. The topological polar surface area (TPSA) is 84.3 Å². The van der Waals surface area contributed by atoms with E-state index in [9.17, 15) is 13.6 Å². The molecule has 2 aliphatic rings. The average Bonchev–Trinajstić information content (AvgIpc) is 3.57. The molecule has 2 aromatic heterocycles. The highest BCUT2D eigenvalue weighted by Gasteiger charge is 2.30. The lowest BCUT2D eigenvalue weighted by atomic mass is 10.0. The second-order valence-electron chi connectivity index (χ2n) is 10.4. The van der Waals surface area contributed by atoms with Gasteiger partial charge in [0.1, 0.15) is 12.0 Å². The number of pyridine rings is 1. The molecular formula is C28H34F2N6O2. The maximum absolute atomic E-state index is 14.9. The molecule has 202 valence electrons. The Kier molecular flexibility index (Phi) is 7.71. The van der Waals surface area contributed by atoms with Gasteiger partial charge in [-0.3, -0.25) is 14.7 Å². The summed E-state index contributed by atoms with van der Waals surface area (Å²) in [5.74, 6) is -0.961. The maximum atomic E-state index is 14.9. The number of piperidine rings is 1. The largest absolute Gasteiger partial charge is 0.380 e. The van der Waals surface area contributed by atoms with Gasteiger partial charge in [-0.05, 0) is 56.9 Å². The molecule has 1 aliphatic heterocycles. The van der Waals surface area contributed by atoms with E-state index in [0.717, 1.165) is 36.2 Å². The van der Waals surface area contributed by atoms with E-state index < -0.39 is 17.9 Å². The molecule has 3 aromatic rings. The number of ether oxygens (including phenoxy) is 1. The Balaban J connectivity index is 1.29. The molecule has 38 heavy (non-hydrogen) atoms. The van der Waals surface area contributed by atoms with Crippen molar-refractivity contribution >= 4 is 11.6 Å². The van der Waals surface area contributed by atoms with E-state index in [2.05, 4.69) is 25.6 Å². The van der Waals surface area contributed by atoms with Gasteiger partial charge in [0.05, 0.1) is 35.3 Å². The molecule has 1 aromatic carbocycles. The summed E-state index contributed by atoms with van der Waals surface area (Å²) in [5.41, 5.74) is 3.64. The number of aromatic nitrogens is 3. The van der Waals surface area contributed by atoms with Crippen LogP contribution in [0.15, 0.2) is 43.0 Å². The van der Waals surface area contributed by atoms with Gasteiger partial charge in [-0.1, -0.05) is 0 Å². The van der Waals surface area contributed by atoms with Crippen LogP contribution in [0.4, 0.5) is 14.5 Å². The Bertz CT molecular complexity index is 1290. The van der Waals surface area contributed by atoms with Crippen LogP contribution in [0.3, 0.4) is 0 Å². The van der Waals surface area contributed by atoms with E-state index in [-0.39, 0.29) is 23.8 Å². The Hall–Kier alpha value is -3.37. The van der Waals surface area contributed by atoms with Crippen molar-refractivity contribution in [3.05, 3.63) is 59.9 Å². The van der Waals surface area contributed by atoms with Crippen LogP contribution in [0.1, 0.15) is 42.1 Å². The predicted octanol–water partition coefficient (Wildman–Crippen LogP) is 4.13. The fraction of sp³-hybridized carbons (Fsp3) is 0.464. The summed E-state index contributed by atoms with van der Waals surface area (Å²) in [7, 11) is 1.67. The van der Waals surface area contributed by atoms with Gasteiger partial charge >= 0.3 is 0 Å². The first-order valence-corrected chi connectivity index (χ1v) is 13.1. The number of methoxy groups -OCH3 is 1. The van der Waals surface area contributed by atoms with Gasteiger partial charge in [0.25, 0.3) is 5.91 Å². The third-order valence-corrected chi connectivity index (χ3v) is 7.24. The molecule has 10 heteroatoms. The number of hydrogen-bond donors (Lipinski definition) is 2. The number of halogens is 2. The third kappa shape index (κ3) is 6.02. The predicted molar refractivity (Wildman–Crippen MR) is 142 cm³/mol. The molecule has 0 radical (unpaired) electrons. The van der Waals surface area contributed by atoms with Crippen molar-refractivity contribution in [3.8, 4) is 16.8 Å². The number of rotatable bonds is 9. The fourth-order valence-electron chi connectivity index (χ4n) is 4.80. The monoisotopic (exact) mass is 524 g/mol. The van der Waals surface area contributed by atoms with Crippen molar-refractivity contribution < 1.29 is 18.3 Å². The molecule has 2 fully saturated rings. The third-order valence-electron chi connectivity index (χ3n) is 7.24. The highest BCUT2D eigenvalue weighted by Crippen LogP contribution is 2.27. The minimum Gasteiger partial charge on any atom is -0.380 e. The number of amides is 1. The van der Waals surface area contributed by atoms with Crippen LogP contribution in [0.5, 0.6) is 0 Å². The lowest BCUT2D eigenvalue weighted by Crippen LogP contribution is -2.49. The van der Waals surface area contributed by atoms with Crippen LogP contribution < -0.4 is 10.6 Å². The SMILES string of the molecule is CO[C@H](C)CN1CC[C@H](Nc2cncc(-c3cnn(-c4cc(C(=O)NC5CC5)c(F)cc4C)c3)c2)[C@H](F)C1. The molecule has 2 N–H and O–H groups in total. The highest BCUT2D eigenvalue weighted by atomic mass is 19.1. The van der Waals surface area contributed by atoms with Gasteiger partial charge in [0.2, 0.25) is 0 Å². The van der Waals surface area contributed by atoms with E-state index >= 15 is 0 Å². The van der Waals surface area contributed by atoms with Crippen LogP contribution in [0, 0.1) is 12.7 Å². The highest BCUT2D eigenvalue weighted by molar-refractivity contribution is 5.95. The lowest BCUT2D eigenvalue weighted by Gasteiger charge is -2.36. The Morgan fingerprint density at radius 1 is 1.18 bits per heavy atom. The van der Waals surface area contributed by atoms with Crippen LogP contribution in [0.25, 0.3) is 16.8 Å². The summed E-state index contributed by atoms with van der Waals surface area (Å²) in [6.07, 6.45) is 8.52. The van der Waals surface area contributed by atoms with Crippen molar-refractivity contribution in [2.45, 2.75) is 57.5 Å². The number of alkyl halides is 1. The van der Waals surface area contributed by atoms with Gasteiger partial charge in [0.15, 0.2) is 0 Å². The summed E-state index contributed by atoms with van der Waals surface area (Å²) in [6.45, 7) is 5.64. The Morgan fingerprint density at radius 2 is 2.00 bits per heavy atom. The minimum atomic E-state index is -1.01. The zero-order chi connectivity index (χ0) is 26.8. The van der Waals surface area contributed by atoms with Gasteiger partial charge < -0.3 is 15.4 Å². The van der Waals surface area contributed by atoms with Crippen molar-refractivity contribution in [2.24, 2.45) is 0 Å². The van der Waals surface area contributed by atoms with Gasteiger partial charge in [-0.25, -0.2) is 13.5 Å². The number of nitrogens with one attached hydrogen (secondary N) is 2. The van der Waals surface area contributed by atoms with Gasteiger partial charge in [-0.2, -0.15) is 5.10 Å². The molecule has 1 amide bonds. The number of carbonyl (C=O) groups is 1. The summed E-state index contributed by atoms with van der Waals surface area (Å²) < 4.78 is 36.4. The van der Waals surface area contributed by atoms with Crippen LogP contribution >= 0.6 is 0 Å². The molecule has 1 saturated carbocycles. The normalized spacial score (nSPS) is 20.8.